The molecule has 1 aromatic carbocycles. The summed E-state index contributed by atoms with van der Waals surface area (Å²) in [4.78, 5) is 16.2. The Balaban J connectivity index is 1.67. The van der Waals surface area contributed by atoms with Crippen molar-refractivity contribution >= 4 is 11.7 Å². The summed E-state index contributed by atoms with van der Waals surface area (Å²) in [7, 11) is 0. The Morgan fingerprint density at radius 2 is 2.00 bits per heavy atom. The third-order valence-corrected chi connectivity index (χ3v) is 3.11. The quantitative estimate of drug-likeness (QED) is 0.801. The number of hydrogen-bond acceptors (Lipinski definition) is 4. The third kappa shape index (κ3) is 3.35. The second-order valence-corrected chi connectivity index (χ2v) is 4.96. The number of aromatic nitrogens is 4. The lowest BCUT2D eigenvalue weighted by atomic mass is 10.2. The molecule has 6 nitrogen and oxygen atoms in total. The number of pyridine rings is 1. The van der Waals surface area contributed by atoms with E-state index in [0.29, 0.717) is 12.4 Å². The average molecular weight is 293 g/mol. The highest BCUT2D eigenvalue weighted by atomic mass is 16.2. The number of nitrogens with zero attached hydrogens (tertiary/aromatic N) is 4. The second kappa shape index (κ2) is 6.17. The van der Waals surface area contributed by atoms with Crippen LogP contribution in [0.4, 0.5) is 5.82 Å². The zero-order valence-corrected chi connectivity index (χ0v) is 12.1. The molecule has 2 aromatic heterocycles. The number of nitrogens with one attached hydrogen (secondary N) is 1. The summed E-state index contributed by atoms with van der Waals surface area (Å²) >= 11 is 0. The fourth-order valence-corrected chi connectivity index (χ4v) is 1.97. The molecule has 0 bridgehead atoms. The summed E-state index contributed by atoms with van der Waals surface area (Å²) in [6.45, 7) is 2.51. The summed E-state index contributed by atoms with van der Waals surface area (Å²) in [5, 5.41) is 10.6. The number of carbonyl (C=O) groups excluding carboxylic acids is 1. The van der Waals surface area contributed by atoms with E-state index in [1.54, 1.807) is 23.1 Å². The van der Waals surface area contributed by atoms with Crippen molar-refractivity contribution in [3.05, 3.63) is 71.7 Å². The Hall–Kier alpha value is -3.02. The van der Waals surface area contributed by atoms with Gasteiger partial charge in [-0.15, -0.1) is 5.10 Å². The summed E-state index contributed by atoms with van der Waals surface area (Å²) in [5.41, 5.74) is 2.39. The van der Waals surface area contributed by atoms with Crippen LogP contribution in [0.1, 0.15) is 21.6 Å². The van der Waals surface area contributed by atoms with Crippen molar-refractivity contribution < 1.29 is 4.79 Å². The minimum Gasteiger partial charge on any atom is -0.305 e. The van der Waals surface area contributed by atoms with Crippen molar-refractivity contribution in [2.75, 3.05) is 5.32 Å². The van der Waals surface area contributed by atoms with E-state index in [0.717, 1.165) is 11.1 Å². The van der Waals surface area contributed by atoms with Gasteiger partial charge in [-0.3, -0.25) is 4.79 Å². The molecular formula is C16H15N5O. The van der Waals surface area contributed by atoms with Gasteiger partial charge < -0.3 is 5.32 Å². The van der Waals surface area contributed by atoms with Gasteiger partial charge in [0.1, 0.15) is 5.82 Å². The molecule has 0 saturated carbocycles. The molecule has 110 valence electrons. The van der Waals surface area contributed by atoms with Crippen LogP contribution < -0.4 is 5.32 Å². The fraction of sp³-hybridized carbons (Fsp3) is 0.125. The first kappa shape index (κ1) is 13.9. The minimum absolute atomic E-state index is 0.262. The lowest BCUT2D eigenvalue weighted by Gasteiger charge is -2.01. The standard InChI is InChI=1S/C16H15N5O/c1-12-7-8-15(17-9-12)18-16(22)14-11-21(20-19-14)10-13-5-3-2-4-6-13/h2-9,11H,10H2,1H3,(H,17,18,22). The van der Waals surface area contributed by atoms with Crippen molar-refractivity contribution in [3.63, 3.8) is 0 Å². The van der Waals surface area contributed by atoms with Gasteiger partial charge in [-0.25, -0.2) is 9.67 Å². The van der Waals surface area contributed by atoms with Gasteiger partial charge in [-0.1, -0.05) is 41.6 Å². The largest absolute Gasteiger partial charge is 0.305 e. The molecule has 1 amide bonds. The predicted octanol–water partition coefficient (Wildman–Crippen LogP) is 2.28. The number of rotatable bonds is 4. The van der Waals surface area contributed by atoms with Crippen LogP contribution in [0, 0.1) is 6.92 Å². The molecule has 0 aliphatic carbocycles. The van der Waals surface area contributed by atoms with Crippen molar-refractivity contribution in [2.24, 2.45) is 0 Å². The molecule has 3 rings (SSSR count). The zero-order chi connectivity index (χ0) is 15.4. The van der Waals surface area contributed by atoms with Crippen LogP contribution in [0.15, 0.2) is 54.9 Å². The highest BCUT2D eigenvalue weighted by molar-refractivity contribution is 6.02. The van der Waals surface area contributed by atoms with E-state index >= 15 is 0 Å². The molecule has 0 atom stereocenters. The Morgan fingerprint density at radius 3 is 2.73 bits per heavy atom. The van der Waals surface area contributed by atoms with E-state index in [9.17, 15) is 4.79 Å². The number of amides is 1. The predicted molar refractivity (Wildman–Crippen MR) is 82.5 cm³/mol. The van der Waals surface area contributed by atoms with E-state index in [1.165, 1.54) is 0 Å². The molecule has 0 aliphatic heterocycles. The molecule has 6 heteroatoms. The number of anilines is 1. The number of hydrogen-bond donors (Lipinski definition) is 1. The molecule has 0 fully saturated rings. The smallest absolute Gasteiger partial charge is 0.278 e. The fourth-order valence-electron chi connectivity index (χ4n) is 1.97. The molecule has 0 saturated heterocycles. The second-order valence-electron chi connectivity index (χ2n) is 4.96. The van der Waals surface area contributed by atoms with Crippen LogP contribution in [0.5, 0.6) is 0 Å². The van der Waals surface area contributed by atoms with Crippen LogP contribution in [-0.2, 0) is 6.54 Å². The summed E-state index contributed by atoms with van der Waals surface area (Å²) in [6, 6.07) is 13.5. The minimum atomic E-state index is -0.323. The van der Waals surface area contributed by atoms with Gasteiger partial charge in [-0.2, -0.15) is 0 Å². The lowest BCUT2D eigenvalue weighted by Crippen LogP contribution is -2.13. The summed E-state index contributed by atoms with van der Waals surface area (Å²) in [5.74, 6) is 0.170. The van der Waals surface area contributed by atoms with Gasteiger partial charge in [0.25, 0.3) is 5.91 Å². The topological polar surface area (TPSA) is 72.7 Å². The Kier molecular flexibility index (Phi) is 3.91. The molecule has 0 unspecified atom stereocenters. The zero-order valence-electron chi connectivity index (χ0n) is 12.1. The van der Waals surface area contributed by atoms with Gasteiger partial charge >= 0.3 is 0 Å². The maximum Gasteiger partial charge on any atom is 0.278 e. The molecule has 0 spiro atoms. The van der Waals surface area contributed by atoms with Crippen molar-refractivity contribution in [1.82, 2.24) is 20.0 Å². The molecular weight excluding hydrogens is 278 g/mol. The van der Waals surface area contributed by atoms with E-state index in [4.69, 9.17) is 0 Å². The monoisotopic (exact) mass is 293 g/mol. The average Bonchev–Trinajstić information content (AvgIpc) is 2.99. The Morgan fingerprint density at radius 1 is 1.18 bits per heavy atom. The van der Waals surface area contributed by atoms with Crippen LogP contribution in [0.25, 0.3) is 0 Å². The first-order valence-electron chi connectivity index (χ1n) is 6.89. The van der Waals surface area contributed by atoms with Crippen LogP contribution >= 0.6 is 0 Å². The van der Waals surface area contributed by atoms with Gasteiger partial charge in [0, 0.05) is 6.20 Å². The molecule has 1 N–H and O–H groups in total. The maximum atomic E-state index is 12.1. The first-order valence-corrected chi connectivity index (χ1v) is 6.89. The van der Waals surface area contributed by atoms with Gasteiger partial charge in [0.05, 0.1) is 12.7 Å². The van der Waals surface area contributed by atoms with Gasteiger partial charge in [-0.05, 0) is 24.1 Å². The van der Waals surface area contributed by atoms with Crippen LogP contribution in [0.2, 0.25) is 0 Å². The molecule has 3 aromatic rings. The van der Waals surface area contributed by atoms with Crippen molar-refractivity contribution in [1.29, 1.82) is 0 Å². The molecule has 22 heavy (non-hydrogen) atoms. The van der Waals surface area contributed by atoms with Crippen LogP contribution in [-0.4, -0.2) is 25.9 Å². The van der Waals surface area contributed by atoms with E-state index < -0.39 is 0 Å². The SMILES string of the molecule is Cc1ccc(NC(=O)c2cn(Cc3ccccc3)nn2)nc1. The van der Waals surface area contributed by atoms with E-state index in [2.05, 4.69) is 20.6 Å². The highest BCUT2D eigenvalue weighted by Crippen LogP contribution is 2.07. The normalized spacial score (nSPS) is 10.4. The molecule has 0 radical (unpaired) electrons. The van der Waals surface area contributed by atoms with Gasteiger partial charge in [0.2, 0.25) is 0 Å². The summed E-state index contributed by atoms with van der Waals surface area (Å²) in [6.07, 6.45) is 3.32. The number of aryl methyl sites for hydroxylation is 1. The van der Waals surface area contributed by atoms with Crippen molar-refractivity contribution in [2.45, 2.75) is 13.5 Å². The number of benzene rings is 1. The molecule has 2 heterocycles. The third-order valence-electron chi connectivity index (χ3n) is 3.11. The number of carbonyl (C=O) groups is 1. The summed E-state index contributed by atoms with van der Waals surface area (Å²) < 4.78 is 1.63. The molecule has 0 aliphatic rings. The van der Waals surface area contributed by atoms with Gasteiger partial charge in [0.15, 0.2) is 5.69 Å². The highest BCUT2D eigenvalue weighted by Gasteiger charge is 2.11. The first-order chi connectivity index (χ1) is 10.7. The lowest BCUT2D eigenvalue weighted by molar-refractivity contribution is 0.102. The Bertz CT molecular complexity index is 765. The maximum absolute atomic E-state index is 12.1. The van der Waals surface area contributed by atoms with E-state index in [-0.39, 0.29) is 11.6 Å². The van der Waals surface area contributed by atoms with E-state index in [1.807, 2.05) is 43.3 Å². The van der Waals surface area contributed by atoms with Crippen LogP contribution in [0.3, 0.4) is 0 Å². The van der Waals surface area contributed by atoms with Crippen molar-refractivity contribution in [3.8, 4) is 0 Å². The Labute approximate surface area is 127 Å².